The summed E-state index contributed by atoms with van der Waals surface area (Å²) in [6.07, 6.45) is 0. The summed E-state index contributed by atoms with van der Waals surface area (Å²) in [5.41, 5.74) is 0.168. The minimum atomic E-state index is -0.0441. The number of rotatable bonds is 2. The largest absolute Gasteiger partial charge is 0.466 e. The lowest BCUT2D eigenvalue weighted by Gasteiger charge is -2.30. The van der Waals surface area contributed by atoms with Gasteiger partial charge in [0.15, 0.2) is 0 Å². The Morgan fingerprint density at radius 2 is 2.07 bits per heavy atom. The normalized spacial score (nSPS) is 27.7. The number of carbonyl (C=O) groups is 1. The second-order valence-electron chi connectivity index (χ2n) is 4.99. The summed E-state index contributed by atoms with van der Waals surface area (Å²) in [6, 6.07) is 0. The summed E-state index contributed by atoms with van der Waals surface area (Å²) < 4.78 is 5.07. The van der Waals surface area contributed by atoms with Crippen LogP contribution in [-0.2, 0) is 9.53 Å². The van der Waals surface area contributed by atoms with Gasteiger partial charge in [-0.2, -0.15) is 0 Å². The summed E-state index contributed by atoms with van der Waals surface area (Å²) in [5, 5.41) is 3.27. The smallest absolute Gasteiger partial charge is 0.310 e. The lowest BCUT2D eigenvalue weighted by Crippen LogP contribution is -2.33. The molecule has 0 spiro atoms. The molecule has 1 aliphatic heterocycles. The van der Waals surface area contributed by atoms with Gasteiger partial charge < -0.3 is 10.1 Å². The van der Waals surface area contributed by atoms with E-state index in [1.807, 2.05) is 6.92 Å². The maximum atomic E-state index is 11.6. The quantitative estimate of drug-likeness (QED) is 0.684. The van der Waals surface area contributed by atoms with Crippen LogP contribution in [-0.4, -0.2) is 25.7 Å². The van der Waals surface area contributed by atoms with Gasteiger partial charge in [0.1, 0.15) is 0 Å². The predicted molar refractivity (Wildman–Crippen MR) is 55.9 cm³/mol. The molecule has 1 saturated heterocycles. The lowest BCUT2D eigenvalue weighted by molar-refractivity contribution is -0.149. The Bertz CT molecular complexity index is 208. The maximum absolute atomic E-state index is 11.6. The molecule has 0 bridgehead atoms. The molecule has 14 heavy (non-hydrogen) atoms. The van der Waals surface area contributed by atoms with Gasteiger partial charge in [-0.05, 0) is 24.8 Å². The van der Waals surface area contributed by atoms with E-state index in [9.17, 15) is 4.79 Å². The molecule has 0 saturated carbocycles. The highest BCUT2D eigenvalue weighted by Crippen LogP contribution is 2.34. The molecule has 3 heteroatoms. The van der Waals surface area contributed by atoms with Gasteiger partial charge in [0.05, 0.1) is 12.5 Å². The molecule has 0 aromatic carbocycles. The van der Waals surface area contributed by atoms with Crippen LogP contribution >= 0.6 is 0 Å². The van der Waals surface area contributed by atoms with Crippen molar-refractivity contribution >= 4 is 5.97 Å². The van der Waals surface area contributed by atoms with Crippen LogP contribution in [0.15, 0.2) is 0 Å². The Morgan fingerprint density at radius 3 is 2.57 bits per heavy atom. The van der Waals surface area contributed by atoms with E-state index in [2.05, 4.69) is 26.1 Å². The van der Waals surface area contributed by atoms with E-state index < -0.39 is 0 Å². The third-order valence-electron chi connectivity index (χ3n) is 2.92. The molecule has 1 aliphatic rings. The van der Waals surface area contributed by atoms with Crippen LogP contribution in [0.1, 0.15) is 27.7 Å². The van der Waals surface area contributed by atoms with Crippen molar-refractivity contribution in [1.82, 2.24) is 5.32 Å². The van der Waals surface area contributed by atoms with E-state index in [-0.39, 0.29) is 17.3 Å². The molecule has 0 aromatic rings. The van der Waals surface area contributed by atoms with Crippen LogP contribution in [0.25, 0.3) is 0 Å². The molecular formula is C11H21NO2. The first-order valence-corrected chi connectivity index (χ1v) is 5.34. The first-order valence-electron chi connectivity index (χ1n) is 5.34. The second kappa shape index (κ2) is 4.30. The topological polar surface area (TPSA) is 38.3 Å². The second-order valence-corrected chi connectivity index (χ2v) is 4.99. The Morgan fingerprint density at radius 1 is 1.43 bits per heavy atom. The van der Waals surface area contributed by atoms with E-state index in [1.165, 1.54) is 0 Å². The van der Waals surface area contributed by atoms with Crippen molar-refractivity contribution < 1.29 is 9.53 Å². The standard InChI is InChI=1S/C11H21NO2/c1-5-14-10(13)8-6-12-7-9(8)11(2,3)4/h8-9,12H,5-7H2,1-4H3. The number of ether oxygens (including phenoxy) is 1. The lowest BCUT2D eigenvalue weighted by atomic mass is 9.75. The fourth-order valence-electron chi connectivity index (χ4n) is 2.09. The fraction of sp³-hybridized carbons (Fsp3) is 0.909. The van der Waals surface area contributed by atoms with Gasteiger partial charge in [0.25, 0.3) is 0 Å². The number of nitrogens with one attached hydrogen (secondary N) is 1. The molecule has 1 N–H and O–H groups in total. The van der Waals surface area contributed by atoms with Crippen LogP contribution in [0, 0.1) is 17.3 Å². The molecule has 1 fully saturated rings. The van der Waals surface area contributed by atoms with Crippen molar-refractivity contribution in [2.45, 2.75) is 27.7 Å². The molecule has 0 aliphatic carbocycles. The maximum Gasteiger partial charge on any atom is 0.310 e. The van der Waals surface area contributed by atoms with E-state index in [4.69, 9.17) is 4.74 Å². The van der Waals surface area contributed by atoms with Crippen molar-refractivity contribution in [3.05, 3.63) is 0 Å². The Labute approximate surface area is 86.2 Å². The van der Waals surface area contributed by atoms with Gasteiger partial charge in [0, 0.05) is 6.54 Å². The van der Waals surface area contributed by atoms with E-state index >= 15 is 0 Å². The summed E-state index contributed by atoms with van der Waals surface area (Å²) in [7, 11) is 0. The summed E-state index contributed by atoms with van der Waals surface area (Å²) in [6.45, 7) is 10.6. The third-order valence-corrected chi connectivity index (χ3v) is 2.92. The van der Waals surface area contributed by atoms with Crippen LogP contribution in [0.2, 0.25) is 0 Å². The molecule has 0 amide bonds. The van der Waals surface area contributed by atoms with Gasteiger partial charge in [-0.25, -0.2) is 0 Å². The Balaban J connectivity index is 2.64. The Hall–Kier alpha value is -0.570. The van der Waals surface area contributed by atoms with Crippen molar-refractivity contribution in [3.8, 4) is 0 Å². The summed E-state index contributed by atoms with van der Waals surface area (Å²) in [5.74, 6) is 0.383. The molecule has 2 unspecified atom stereocenters. The number of hydrogen-bond acceptors (Lipinski definition) is 3. The zero-order chi connectivity index (χ0) is 10.8. The average Bonchev–Trinajstić information content (AvgIpc) is 2.50. The molecule has 3 nitrogen and oxygen atoms in total. The summed E-state index contributed by atoms with van der Waals surface area (Å²) in [4.78, 5) is 11.6. The zero-order valence-corrected chi connectivity index (χ0v) is 9.59. The van der Waals surface area contributed by atoms with Crippen LogP contribution in [0.3, 0.4) is 0 Å². The Kier molecular flexibility index (Phi) is 3.53. The van der Waals surface area contributed by atoms with Gasteiger partial charge in [-0.3, -0.25) is 4.79 Å². The highest BCUT2D eigenvalue weighted by atomic mass is 16.5. The molecule has 0 radical (unpaired) electrons. The van der Waals surface area contributed by atoms with Crippen LogP contribution in [0.5, 0.6) is 0 Å². The van der Waals surface area contributed by atoms with Crippen molar-refractivity contribution in [2.75, 3.05) is 19.7 Å². The van der Waals surface area contributed by atoms with E-state index in [0.717, 1.165) is 13.1 Å². The van der Waals surface area contributed by atoms with E-state index in [1.54, 1.807) is 0 Å². The van der Waals surface area contributed by atoms with Gasteiger partial charge in [0.2, 0.25) is 0 Å². The molecule has 2 atom stereocenters. The van der Waals surface area contributed by atoms with Crippen LogP contribution < -0.4 is 5.32 Å². The minimum absolute atomic E-state index is 0.0370. The monoisotopic (exact) mass is 199 g/mol. The van der Waals surface area contributed by atoms with E-state index in [0.29, 0.717) is 12.5 Å². The fourth-order valence-corrected chi connectivity index (χ4v) is 2.09. The minimum Gasteiger partial charge on any atom is -0.466 e. The van der Waals surface area contributed by atoms with Crippen molar-refractivity contribution in [3.63, 3.8) is 0 Å². The molecular weight excluding hydrogens is 178 g/mol. The zero-order valence-electron chi connectivity index (χ0n) is 9.59. The molecule has 1 rings (SSSR count). The number of esters is 1. The first-order chi connectivity index (χ1) is 6.46. The van der Waals surface area contributed by atoms with Gasteiger partial charge in [-0.1, -0.05) is 20.8 Å². The number of carbonyl (C=O) groups excluding carboxylic acids is 1. The first kappa shape index (κ1) is 11.5. The van der Waals surface area contributed by atoms with Gasteiger partial charge in [-0.15, -0.1) is 0 Å². The van der Waals surface area contributed by atoms with Crippen LogP contribution in [0.4, 0.5) is 0 Å². The SMILES string of the molecule is CCOC(=O)C1CNCC1C(C)(C)C. The average molecular weight is 199 g/mol. The third kappa shape index (κ3) is 2.47. The highest BCUT2D eigenvalue weighted by molar-refractivity contribution is 5.73. The molecule has 0 aromatic heterocycles. The number of hydrogen-bond donors (Lipinski definition) is 1. The van der Waals surface area contributed by atoms with Crippen molar-refractivity contribution in [1.29, 1.82) is 0 Å². The van der Waals surface area contributed by atoms with Gasteiger partial charge >= 0.3 is 5.97 Å². The summed E-state index contributed by atoms with van der Waals surface area (Å²) >= 11 is 0. The molecule has 82 valence electrons. The predicted octanol–water partition coefficient (Wildman–Crippen LogP) is 1.43. The van der Waals surface area contributed by atoms with Crippen molar-refractivity contribution in [2.24, 2.45) is 17.3 Å². The molecule has 1 heterocycles. The highest BCUT2D eigenvalue weighted by Gasteiger charge is 2.40.